The topological polar surface area (TPSA) is 83.5 Å². The average molecular weight is 386 g/mol. The van der Waals surface area contributed by atoms with Gasteiger partial charge in [0.1, 0.15) is 5.69 Å². The maximum absolute atomic E-state index is 13.0. The normalized spacial score (nSPS) is 25.0. The number of hydrogen-bond donors (Lipinski definition) is 0. The Morgan fingerprint density at radius 1 is 1.11 bits per heavy atom. The molecule has 0 spiro atoms. The number of sulfonamides is 1. The van der Waals surface area contributed by atoms with Crippen molar-refractivity contribution >= 4 is 15.9 Å². The molecule has 7 nitrogen and oxygen atoms in total. The van der Waals surface area contributed by atoms with Gasteiger partial charge in [0.2, 0.25) is 10.0 Å². The maximum atomic E-state index is 13.0. The molecular formula is C19H22N4O3S. The lowest BCUT2D eigenvalue weighted by molar-refractivity contribution is 0.0752. The Bertz CT molecular complexity index is 905. The number of fused-ring (bicyclic) bond motifs is 1. The fourth-order valence-electron chi connectivity index (χ4n) is 4.01. The van der Waals surface area contributed by atoms with Gasteiger partial charge in [0.25, 0.3) is 5.91 Å². The number of likely N-dealkylation sites (tertiary alicyclic amines) is 1. The van der Waals surface area contributed by atoms with Gasteiger partial charge in [-0.25, -0.2) is 13.4 Å². The van der Waals surface area contributed by atoms with E-state index in [2.05, 4.69) is 9.97 Å². The van der Waals surface area contributed by atoms with Crippen molar-refractivity contribution < 1.29 is 13.2 Å². The van der Waals surface area contributed by atoms with Crippen molar-refractivity contribution in [1.29, 1.82) is 0 Å². The molecule has 2 atom stereocenters. The molecule has 4 rings (SSSR count). The lowest BCUT2D eigenvalue weighted by Crippen LogP contribution is -2.35. The minimum absolute atomic E-state index is 0.0540. The first-order chi connectivity index (χ1) is 13.1. The van der Waals surface area contributed by atoms with E-state index in [-0.39, 0.29) is 11.8 Å². The summed E-state index contributed by atoms with van der Waals surface area (Å²) in [5.41, 5.74) is 1.30. The molecule has 2 fully saturated rings. The van der Waals surface area contributed by atoms with E-state index in [1.165, 1.54) is 18.6 Å². The third-order valence-corrected chi connectivity index (χ3v) is 7.81. The van der Waals surface area contributed by atoms with Crippen LogP contribution >= 0.6 is 0 Å². The summed E-state index contributed by atoms with van der Waals surface area (Å²) in [4.78, 5) is 22.3. The molecule has 27 heavy (non-hydrogen) atoms. The summed E-state index contributed by atoms with van der Waals surface area (Å²) in [5.74, 6) is -0.125. The van der Waals surface area contributed by atoms with Crippen molar-refractivity contribution in [3.05, 3.63) is 60.2 Å². The third kappa shape index (κ3) is 3.59. The van der Waals surface area contributed by atoms with Crippen LogP contribution in [0.4, 0.5) is 0 Å². The first-order valence-electron chi connectivity index (χ1n) is 9.14. The van der Waals surface area contributed by atoms with Crippen LogP contribution in [-0.2, 0) is 16.6 Å². The summed E-state index contributed by atoms with van der Waals surface area (Å²) in [5, 5.41) is -0.416. The number of benzene rings is 1. The first-order valence-corrected chi connectivity index (χ1v) is 10.6. The van der Waals surface area contributed by atoms with Crippen molar-refractivity contribution in [3.8, 4) is 0 Å². The fraction of sp³-hybridized carbons (Fsp3) is 0.421. The van der Waals surface area contributed by atoms with Gasteiger partial charge in [0.05, 0.1) is 11.4 Å². The zero-order valence-electron chi connectivity index (χ0n) is 14.9. The molecule has 0 radical (unpaired) electrons. The number of rotatable bonds is 3. The predicted octanol–water partition coefficient (Wildman–Crippen LogP) is 1.54. The summed E-state index contributed by atoms with van der Waals surface area (Å²) in [7, 11) is -3.36. The Kier molecular flexibility index (Phi) is 4.92. The number of nitrogens with zero attached hydrogens (tertiary/aromatic N) is 4. The van der Waals surface area contributed by atoms with E-state index in [4.69, 9.17) is 0 Å². The molecule has 0 saturated carbocycles. The molecular weight excluding hydrogens is 364 g/mol. The summed E-state index contributed by atoms with van der Waals surface area (Å²) in [6.07, 6.45) is 5.61. The number of carbonyl (C=O) groups excluding carboxylic acids is 1. The van der Waals surface area contributed by atoms with Crippen LogP contribution in [0.1, 0.15) is 28.9 Å². The molecule has 0 aliphatic carbocycles. The first kappa shape index (κ1) is 18.1. The Morgan fingerprint density at radius 2 is 1.89 bits per heavy atom. The molecule has 3 heterocycles. The maximum Gasteiger partial charge on any atom is 0.274 e. The molecule has 2 aliphatic rings. The van der Waals surface area contributed by atoms with Crippen LogP contribution in [0.5, 0.6) is 0 Å². The van der Waals surface area contributed by atoms with E-state index in [1.54, 1.807) is 9.21 Å². The Labute approximate surface area is 159 Å². The van der Waals surface area contributed by atoms with Gasteiger partial charge in [-0.15, -0.1) is 0 Å². The lowest BCUT2D eigenvalue weighted by atomic mass is 10.0. The summed E-state index contributed by atoms with van der Waals surface area (Å²) >= 11 is 0. The van der Waals surface area contributed by atoms with Gasteiger partial charge < -0.3 is 4.90 Å². The second kappa shape index (κ2) is 7.36. The van der Waals surface area contributed by atoms with E-state index in [1.807, 2.05) is 30.3 Å². The second-order valence-electron chi connectivity index (χ2n) is 7.08. The molecule has 1 aromatic heterocycles. The molecule has 2 aliphatic heterocycles. The van der Waals surface area contributed by atoms with E-state index >= 15 is 0 Å². The summed E-state index contributed by atoms with van der Waals surface area (Å²) in [6, 6.07) is 9.67. The summed E-state index contributed by atoms with van der Waals surface area (Å²) in [6.45, 7) is 1.91. The lowest BCUT2D eigenvalue weighted by Gasteiger charge is -2.21. The van der Waals surface area contributed by atoms with Crippen LogP contribution in [-0.4, -0.2) is 58.4 Å². The molecule has 0 N–H and O–H groups in total. The van der Waals surface area contributed by atoms with Gasteiger partial charge in [-0.05, 0) is 24.3 Å². The predicted molar refractivity (Wildman–Crippen MR) is 100 cm³/mol. The zero-order chi connectivity index (χ0) is 18.9. The van der Waals surface area contributed by atoms with Crippen LogP contribution in [0.3, 0.4) is 0 Å². The van der Waals surface area contributed by atoms with Crippen LogP contribution in [0.25, 0.3) is 0 Å². The van der Waals surface area contributed by atoms with Crippen LogP contribution in [0.15, 0.2) is 48.9 Å². The number of hydrogen-bond acceptors (Lipinski definition) is 5. The zero-order valence-corrected chi connectivity index (χ0v) is 15.8. The highest BCUT2D eigenvalue weighted by atomic mass is 32.2. The van der Waals surface area contributed by atoms with Crippen molar-refractivity contribution in [1.82, 2.24) is 19.2 Å². The molecule has 2 saturated heterocycles. The van der Waals surface area contributed by atoms with E-state index in [9.17, 15) is 13.2 Å². The molecule has 2 aromatic rings. The molecule has 1 aromatic carbocycles. The SMILES string of the molecule is O=C(c1cnccn1)N1CC[C@@H]2CN(Cc3ccccc3)S(=O)(=O)[C@@H]2CC1. The molecule has 1 amide bonds. The quantitative estimate of drug-likeness (QED) is 0.799. The summed E-state index contributed by atoms with van der Waals surface area (Å²) < 4.78 is 27.7. The number of aromatic nitrogens is 2. The monoisotopic (exact) mass is 386 g/mol. The average Bonchev–Trinajstić information content (AvgIpc) is 2.83. The van der Waals surface area contributed by atoms with Gasteiger partial charge >= 0.3 is 0 Å². The Hall–Kier alpha value is -2.32. The van der Waals surface area contributed by atoms with Crippen molar-refractivity contribution in [2.75, 3.05) is 19.6 Å². The van der Waals surface area contributed by atoms with Crippen LogP contribution in [0.2, 0.25) is 0 Å². The van der Waals surface area contributed by atoms with Gasteiger partial charge in [-0.3, -0.25) is 9.78 Å². The van der Waals surface area contributed by atoms with E-state index in [0.717, 1.165) is 5.56 Å². The van der Waals surface area contributed by atoms with Gasteiger partial charge in [0, 0.05) is 38.6 Å². The van der Waals surface area contributed by atoms with Gasteiger partial charge in [0.15, 0.2) is 0 Å². The number of carbonyl (C=O) groups is 1. The van der Waals surface area contributed by atoms with E-state index < -0.39 is 15.3 Å². The third-order valence-electron chi connectivity index (χ3n) is 5.43. The number of amides is 1. The standard InChI is InChI=1S/C19H22N4O3S/c24-19(17-12-20-8-9-21-17)22-10-6-16-14-23(13-15-4-2-1-3-5-15)27(25,26)18(16)7-11-22/h1-5,8-9,12,16,18H,6-7,10-11,13-14H2/t16-,18-/m1/s1. The Balaban J connectivity index is 1.46. The minimum atomic E-state index is -3.36. The van der Waals surface area contributed by atoms with Crippen LogP contribution in [0, 0.1) is 5.92 Å². The highest BCUT2D eigenvalue weighted by Gasteiger charge is 2.47. The smallest absolute Gasteiger partial charge is 0.274 e. The second-order valence-corrected chi connectivity index (χ2v) is 9.23. The van der Waals surface area contributed by atoms with Crippen LogP contribution < -0.4 is 0 Å². The van der Waals surface area contributed by atoms with Crippen molar-refractivity contribution in [3.63, 3.8) is 0 Å². The minimum Gasteiger partial charge on any atom is -0.337 e. The molecule has 142 valence electrons. The molecule has 0 unspecified atom stereocenters. The fourth-order valence-corrected chi connectivity index (χ4v) is 6.24. The van der Waals surface area contributed by atoms with Gasteiger partial charge in [-0.2, -0.15) is 4.31 Å². The molecule has 0 bridgehead atoms. The van der Waals surface area contributed by atoms with E-state index in [0.29, 0.717) is 44.7 Å². The highest BCUT2D eigenvalue weighted by molar-refractivity contribution is 7.90. The van der Waals surface area contributed by atoms with Crippen molar-refractivity contribution in [2.45, 2.75) is 24.6 Å². The Morgan fingerprint density at radius 3 is 2.63 bits per heavy atom. The van der Waals surface area contributed by atoms with Crippen molar-refractivity contribution in [2.24, 2.45) is 5.92 Å². The largest absolute Gasteiger partial charge is 0.337 e. The molecule has 8 heteroatoms. The highest BCUT2D eigenvalue weighted by Crippen LogP contribution is 2.35. The van der Waals surface area contributed by atoms with Gasteiger partial charge in [-0.1, -0.05) is 30.3 Å².